The Balaban J connectivity index is 4.18. The minimum atomic E-state index is -3.71. The third-order valence-corrected chi connectivity index (χ3v) is 3.99. The van der Waals surface area contributed by atoms with Gasteiger partial charge in [-0.25, -0.2) is 4.72 Å². The van der Waals surface area contributed by atoms with E-state index in [0.717, 1.165) is 4.31 Å². The summed E-state index contributed by atoms with van der Waals surface area (Å²) in [5.41, 5.74) is -0.354. The minimum Gasteiger partial charge on any atom is -0.469 e. The van der Waals surface area contributed by atoms with Crippen LogP contribution >= 0.6 is 0 Å². The molecule has 0 aromatic rings. The molecular weight excluding hydrogens is 298 g/mol. The zero-order chi connectivity index (χ0) is 16.7. The number of carbonyl (C=O) groups excluding carboxylic acids is 2. The molecule has 0 aromatic carbocycles. The van der Waals surface area contributed by atoms with E-state index in [1.165, 1.54) is 14.2 Å². The fourth-order valence-electron chi connectivity index (χ4n) is 1.36. The van der Waals surface area contributed by atoms with E-state index in [-0.39, 0.29) is 37.4 Å². The van der Waals surface area contributed by atoms with E-state index in [9.17, 15) is 18.0 Å². The summed E-state index contributed by atoms with van der Waals surface area (Å²) in [4.78, 5) is 22.5. The van der Waals surface area contributed by atoms with Crippen LogP contribution in [0.2, 0.25) is 0 Å². The van der Waals surface area contributed by atoms with Crippen LogP contribution in [0.15, 0.2) is 0 Å². The summed E-state index contributed by atoms with van der Waals surface area (Å²) in [6.07, 6.45) is 0.0137. The van der Waals surface area contributed by atoms with Crippen LogP contribution in [0.3, 0.4) is 0 Å². The number of rotatable bonds is 8. The fourth-order valence-corrected chi connectivity index (χ4v) is 2.27. The van der Waals surface area contributed by atoms with Gasteiger partial charge in [-0.05, 0) is 20.8 Å². The Morgan fingerprint density at radius 2 is 1.76 bits per heavy atom. The van der Waals surface area contributed by atoms with Crippen LogP contribution in [-0.2, 0) is 24.5 Å². The molecule has 0 rings (SSSR count). The maximum absolute atomic E-state index is 11.8. The van der Waals surface area contributed by atoms with E-state index >= 15 is 0 Å². The molecule has 8 nitrogen and oxygen atoms in total. The van der Waals surface area contributed by atoms with Gasteiger partial charge in [0, 0.05) is 32.1 Å². The van der Waals surface area contributed by atoms with Crippen LogP contribution in [-0.4, -0.2) is 57.4 Å². The molecule has 0 atom stereocenters. The van der Waals surface area contributed by atoms with Crippen molar-refractivity contribution in [1.29, 1.82) is 0 Å². The van der Waals surface area contributed by atoms with Gasteiger partial charge in [0.2, 0.25) is 5.91 Å². The van der Waals surface area contributed by atoms with Crippen molar-refractivity contribution in [3.8, 4) is 0 Å². The van der Waals surface area contributed by atoms with Crippen molar-refractivity contribution in [2.24, 2.45) is 0 Å². The van der Waals surface area contributed by atoms with Crippen LogP contribution in [0.5, 0.6) is 0 Å². The van der Waals surface area contributed by atoms with Crippen LogP contribution in [0.4, 0.5) is 0 Å². The highest BCUT2D eigenvalue weighted by molar-refractivity contribution is 7.87. The molecule has 0 aliphatic heterocycles. The second-order valence-corrected chi connectivity index (χ2v) is 7.46. The van der Waals surface area contributed by atoms with E-state index in [4.69, 9.17) is 0 Å². The molecule has 0 unspecified atom stereocenters. The summed E-state index contributed by atoms with van der Waals surface area (Å²) < 4.78 is 31.4. The Morgan fingerprint density at radius 3 is 2.24 bits per heavy atom. The monoisotopic (exact) mass is 323 g/mol. The Labute approximate surface area is 126 Å². The summed E-state index contributed by atoms with van der Waals surface area (Å²) in [5.74, 6) is -0.719. The van der Waals surface area contributed by atoms with Crippen molar-refractivity contribution in [2.45, 2.75) is 39.2 Å². The standard InChI is InChI=1S/C12H25N3O5S/c1-12(2,3)14-10(16)6-8-13-21(18,19)15(4)9-7-11(17)20-5/h13H,6-9H2,1-5H3,(H,14,16). The highest BCUT2D eigenvalue weighted by Gasteiger charge is 2.19. The van der Waals surface area contributed by atoms with Crippen LogP contribution < -0.4 is 10.0 Å². The molecule has 0 aromatic heterocycles. The predicted octanol–water partition coefficient (Wildman–Crippen LogP) is -0.379. The summed E-state index contributed by atoms with van der Waals surface area (Å²) in [5, 5.41) is 2.73. The average molecular weight is 323 g/mol. The van der Waals surface area contributed by atoms with Gasteiger partial charge in [-0.15, -0.1) is 0 Å². The van der Waals surface area contributed by atoms with Gasteiger partial charge in [-0.2, -0.15) is 12.7 Å². The largest absolute Gasteiger partial charge is 0.469 e. The number of ether oxygens (including phenoxy) is 1. The lowest BCUT2D eigenvalue weighted by Gasteiger charge is -2.21. The second-order valence-electron chi connectivity index (χ2n) is 5.60. The van der Waals surface area contributed by atoms with Crippen LogP contribution in [0, 0.1) is 0 Å². The molecular formula is C12H25N3O5S. The molecule has 0 saturated heterocycles. The quantitative estimate of drug-likeness (QED) is 0.593. The van der Waals surface area contributed by atoms with Gasteiger partial charge in [0.15, 0.2) is 0 Å². The van der Waals surface area contributed by atoms with Gasteiger partial charge in [0.05, 0.1) is 13.5 Å². The van der Waals surface area contributed by atoms with E-state index < -0.39 is 16.2 Å². The summed E-state index contributed by atoms with van der Waals surface area (Å²) in [7, 11) is -1.12. The first-order valence-corrected chi connectivity index (χ1v) is 8.00. The van der Waals surface area contributed by atoms with Gasteiger partial charge in [0.1, 0.15) is 0 Å². The van der Waals surface area contributed by atoms with Crippen molar-refractivity contribution in [1.82, 2.24) is 14.3 Å². The maximum Gasteiger partial charge on any atom is 0.306 e. The third-order valence-electron chi connectivity index (χ3n) is 2.42. The summed E-state index contributed by atoms with van der Waals surface area (Å²) >= 11 is 0. The van der Waals surface area contributed by atoms with E-state index in [1.807, 2.05) is 20.8 Å². The average Bonchev–Trinajstić information content (AvgIpc) is 2.32. The van der Waals surface area contributed by atoms with Gasteiger partial charge >= 0.3 is 5.97 Å². The first-order chi connectivity index (χ1) is 9.48. The number of nitrogens with zero attached hydrogens (tertiary/aromatic N) is 1. The van der Waals surface area contributed by atoms with Gasteiger partial charge in [-0.3, -0.25) is 9.59 Å². The topological polar surface area (TPSA) is 105 Å². The van der Waals surface area contributed by atoms with Gasteiger partial charge in [0.25, 0.3) is 10.2 Å². The lowest BCUT2D eigenvalue weighted by molar-refractivity contribution is -0.140. The first kappa shape index (κ1) is 19.8. The number of methoxy groups -OCH3 is 1. The van der Waals surface area contributed by atoms with Crippen molar-refractivity contribution in [2.75, 3.05) is 27.2 Å². The Morgan fingerprint density at radius 1 is 1.19 bits per heavy atom. The van der Waals surface area contributed by atoms with Gasteiger partial charge < -0.3 is 10.1 Å². The number of amides is 1. The first-order valence-electron chi connectivity index (χ1n) is 6.56. The lowest BCUT2D eigenvalue weighted by atomic mass is 10.1. The smallest absolute Gasteiger partial charge is 0.306 e. The zero-order valence-electron chi connectivity index (χ0n) is 13.2. The Kier molecular flexibility index (Phi) is 7.83. The van der Waals surface area contributed by atoms with E-state index in [2.05, 4.69) is 14.8 Å². The molecule has 0 fully saturated rings. The maximum atomic E-state index is 11.8. The molecule has 124 valence electrons. The number of hydrogen-bond acceptors (Lipinski definition) is 5. The molecule has 0 aliphatic rings. The van der Waals surface area contributed by atoms with Crippen LogP contribution in [0.1, 0.15) is 33.6 Å². The van der Waals surface area contributed by atoms with Crippen molar-refractivity contribution in [3.05, 3.63) is 0 Å². The minimum absolute atomic E-state index is 0.00713. The van der Waals surface area contributed by atoms with Crippen molar-refractivity contribution in [3.63, 3.8) is 0 Å². The fraction of sp³-hybridized carbons (Fsp3) is 0.833. The number of carbonyl (C=O) groups is 2. The SMILES string of the molecule is COC(=O)CCN(C)S(=O)(=O)NCCC(=O)NC(C)(C)C. The van der Waals surface area contributed by atoms with Crippen molar-refractivity contribution < 1.29 is 22.7 Å². The van der Waals surface area contributed by atoms with E-state index in [0.29, 0.717) is 0 Å². The highest BCUT2D eigenvalue weighted by Crippen LogP contribution is 2.00. The molecule has 21 heavy (non-hydrogen) atoms. The zero-order valence-corrected chi connectivity index (χ0v) is 14.0. The Bertz CT molecular complexity index is 456. The van der Waals surface area contributed by atoms with Crippen LogP contribution in [0.25, 0.3) is 0 Å². The molecule has 2 N–H and O–H groups in total. The van der Waals surface area contributed by atoms with Gasteiger partial charge in [-0.1, -0.05) is 0 Å². The number of hydrogen-bond donors (Lipinski definition) is 2. The number of esters is 1. The van der Waals surface area contributed by atoms with Crippen molar-refractivity contribution >= 4 is 22.1 Å². The normalized spacial score (nSPS) is 12.3. The number of nitrogens with one attached hydrogen (secondary N) is 2. The molecule has 0 heterocycles. The molecule has 9 heteroatoms. The third kappa shape index (κ3) is 9.38. The molecule has 0 radical (unpaired) electrons. The highest BCUT2D eigenvalue weighted by atomic mass is 32.2. The molecule has 0 bridgehead atoms. The molecule has 0 saturated carbocycles. The summed E-state index contributed by atoms with van der Waals surface area (Å²) in [6, 6.07) is 0. The lowest BCUT2D eigenvalue weighted by Crippen LogP contribution is -2.43. The molecule has 1 amide bonds. The summed E-state index contributed by atoms with van der Waals surface area (Å²) in [6.45, 7) is 5.53. The second kappa shape index (κ2) is 8.30. The molecule has 0 aliphatic carbocycles. The Hall–Kier alpha value is -1.19. The predicted molar refractivity (Wildman–Crippen MR) is 78.7 cm³/mol. The molecule has 0 spiro atoms. The van der Waals surface area contributed by atoms with E-state index in [1.54, 1.807) is 0 Å².